The number of hydrogen-bond acceptors (Lipinski definition) is 3. The zero-order valence-corrected chi connectivity index (χ0v) is 33.6. The lowest BCUT2D eigenvalue weighted by Gasteiger charge is -2.14. The van der Waals surface area contributed by atoms with E-state index in [2.05, 4.69) is 215 Å². The maximum atomic E-state index is 5.40. The number of hydrogen-bond donors (Lipinski definition) is 0. The van der Waals surface area contributed by atoms with Crippen molar-refractivity contribution in [3.05, 3.63) is 224 Å². The Hall–Kier alpha value is -8.41. The number of para-hydroxylation sites is 3. The van der Waals surface area contributed by atoms with Gasteiger partial charge in [0, 0.05) is 43.9 Å². The summed E-state index contributed by atoms with van der Waals surface area (Å²) in [5.41, 5.74) is 14.2. The molecule has 0 fully saturated rings. The molecule has 0 amide bonds. The summed E-state index contributed by atoms with van der Waals surface area (Å²) in [5.74, 6) is 1.76. The predicted octanol–water partition coefficient (Wildman–Crippen LogP) is 14.4. The second-order valence-corrected chi connectivity index (χ2v) is 15.6. The molecule has 9 aromatic carbocycles. The van der Waals surface area contributed by atoms with Crippen LogP contribution in [0.4, 0.5) is 0 Å². The van der Waals surface area contributed by atoms with E-state index in [1.807, 2.05) is 18.2 Å². The van der Waals surface area contributed by atoms with Gasteiger partial charge in [-0.3, -0.25) is 4.57 Å². The summed E-state index contributed by atoms with van der Waals surface area (Å²) in [6.07, 6.45) is 0. The molecule has 5 nitrogen and oxygen atoms in total. The molecule has 0 N–H and O–H groups in total. The number of nitrogens with zero attached hydrogens (tertiary/aromatic N) is 5. The lowest BCUT2D eigenvalue weighted by molar-refractivity contribution is 0.954. The first-order valence-corrected chi connectivity index (χ1v) is 21.0. The fourth-order valence-corrected chi connectivity index (χ4v) is 9.13. The highest BCUT2D eigenvalue weighted by Crippen LogP contribution is 2.46. The molecule has 290 valence electrons. The summed E-state index contributed by atoms with van der Waals surface area (Å²) in [7, 11) is 0. The average molecular weight is 792 g/mol. The van der Waals surface area contributed by atoms with Crippen molar-refractivity contribution < 1.29 is 0 Å². The van der Waals surface area contributed by atoms with Gasteiger partial charge in [0.05, 0.1) is 22.1 Å². The lowest BCUT2D eigenvalue weighted by atomic mass is 9.98. The lowest BCUT2D eigenvalue weighted by Crippen LogP contribution is -2.07. The van der Waals surface area contributed by atoms with Gasteiger partial charge < -0.3 is 4.57 Å². The van der Waals surface area contributed by atoms with E-state index in [0.717, 1.165) is 71.9 Å². The third-order valence-electron chi connectivity index (χ3n) is 12.0. The Bertz CT molecular complexity index is 3590. The van der Waals surface area contributed by atoms with Crippen LogP contribution in [0.25, 0.3) is 111 Å². The topological polar surface area (TPSA) is 48.5 Å². The smallest absolute Gasteiger partial charge is 0.238 e. The maximum Gasteiger partial charge on any atom is 0.238 e. The van der Waals surface area contributed by atoms with Crippen LogP contribution in [0.1, 0.15) is 0 Å². The van der Waals surface area contributed by atoms with Crippen LogP contribution in [0, 0.1) is 0 Å². The van der Waals surface area contributed by atoms with Crippen molar-refractivity contribution in [3.8, 4) is 67.8 Å². The van der Waals surface area contributed by atoms with Crippen molar-refractivity contribution >= 4 is 43.6 Å². The third-order valence-corrected chi connectivity index (χ3v) is 12.0. The molecule has 0 aliphatic heterocycles. The minimum atomic E-state index is 0.554. The molecule has 0 unspecified atom stereocenters. The van der Waals surface area contributed by atoms with Crippen LogP contribution in [-0.4, -0.2) is 24.1 Å². The van der Waals surface area contributed by atoms with Crippen LogP contribution in [0.5, 0.6) is 0 Å². The van der Waals surface area contributed by atoms with E-state index in [-0.39, 0.29) is 0 Å². The third kappa shape index (κ3) is 5.90. The molecule has 0 bridgehead atoms. The standard InChI is InChI=1S/C57H37N5/c1-5-18-38(19-6-1)43-24-17-25-44(36-43)39-32-34-42(35-33-39)56-58-55(41-22-9-3-10-23-41)59-57(60-56)62-51-31-16-14-29-47(51)52-53(62)48(40-20-7-2-8-21-40)37-49-46-28-13-15-30-50(46)61(54(49)52)45-26-11-4-12-27-45/h1-37H. The molecule has 62 heavy (non-hydrogen) atoms. The first kappa shape index (κ1) is 35.5. The fraction of sp³-hybridized carbons (Fsp3) is 0. The van der Waals surface area contributed by atoms with E-state index in [1.165, 1.54) is 21.9 Å². The van der Waals surface area contributed by atoms with Gasteiger partial charge in [-0.1, -0.05) is 188 Å². The molecule has 5 heteroatoms. The van der Waals surface area contributed by atoms with Crippen molar-refractivity contribution in [1.82, 2.24) is 24.1 Å². The molecule has 0 aliphatic rings. The van der Waals surface area contributed by atoms with Crippen molar-refractivity contribution in [2.45, 2.75) is 0 Å². The van der Waals surface area contributed by atoms with Gasteiger partial charge in [-0.15, -0.1) is 0 Å². The molecular weight excluding hydrogens is 755 g/mol. The van der Waals surface area contributed by atoms with E-state index >= 15 is 0 Å². The predicted molar refractivity (Wildman–Crippen MR) is 256 cm³/mol. The van der Waals surface area contributed by atoms with Crippen LogP contribution in [-0.2, 0) is 0 Å². The summed E-state index contributed by atoms with van der Waals surface area (Å²) in [5, 5.41) is 4.65. The van der Waals surface area contributed by atoms with Crippen molar-refractivity contribution in [2.24, 2.45) is 0 Å². The summed E-state index contributed by atoms with van der Waals surface area (Å²) < 4.78 is 4.68. The van der Waals surface area contributed by atoms with Gasteiger partial charge in [0.15, 0.2) is 11.6 Å². The maximum absolute atomic E-state index is 5.40. The first-order chi connectivity index (χ1) is 30.8. The first-order valence-electron chi connectivity index (χ1n) is 21.0. The number of aromatic nitrogens is 5. The Morgan fingerprint density at radius 2 is 0.758 bits per heavy atom. The summed E-state index contributed by atoms with van der Waals surface area (Å²) >= 11 is 0. The SMILES string of the molecule is c1ccc(-c2cccc(-c3ccc(-c4nc(-c5ccccc5)nc(-n5c6ccccc6c6c5c(-c5ccccc5)cc5c7ccccc7n(-c7ccccc7)c56)n4)cc3)c2)cc1. The van der Waals surface area contributed by atoms with Gasteiger partial charge in [0.1, 0.15) is 0 Å². The van der Waals surface area contributed by atoms with E-state index in [1.54, 1.807) is 0 Å². The highest BCUT2D eigenvalue weighted by Gasteiger charge is 2.26. The van der Waals surface area contributed by atoms with Crippen LogP contribution in [0.15, 0.2) is 224 Å². The monoisotopic (exact) mass is 791 g/mol. The average Bonchev–Trinajstić information content (AvgIpc) is 3.88. The number of fused-ring (bicyclic) bond motifs is 7. The molecule has 3 aromatic heterocycles. The highest BCUT2D eigenvalue weighted by atomic mass is 15.2. The molecule has 3 heterocycles. The van der Waals surface area contributed by atoms with Gasteiger partial charge in [0.2, 0.25) is 5.95 Å². The molecule has 12 rings (SSSR count). The second kappa shape index (κ2) is 14.7. The highest BCUT2D eigenvalue weighted by molar-refractivity contribution is 6.29. The van der Waals surface area contributed by atoms with Crippen molar-refractivity contribution in [2.75, 3.05) is 0 Å². The normalized spacial score (nSPS) is 11.5. The molecule has 0 saturated carbocycles. The summed E-state index contributed by atoms with van der Waals surface area (Å²) in [4.78, 5) is 15.9. The van der Waals surface area contributed by atoms with Gasteiger partial charge in [-0.2, -0.15) is 9.97 Å². The molecule has 0 atom stereocenters. The molecule has 0 spiro atoms. The Morgan fingerprint density at radius 1 is 0.290 bits per heavy atom. The minimum Gasteiger partial charge on any atom is -0.309 e. The minimum absolute atomic E-state index is 0.554. The van der Waals surface area contributed by atoms with Crippen molar-refractivity contribution in [3.63, 3.8) is 0 Å². The second-order valence-electron chi connectivity index (χ2n) is 15.6. The largest absolute Gasteiger partial charge is 0.309 e. The van der Waals surface area contributed by atoms with E-state index in [4.69, 9.17) is 15.0 Å². The molecule has 0 radical (unpaired) electrons. The molecule has 0 aliphatic carbocycles. The van der Waals surface area contributed by atoms with Gasteiger partial charge in [0.25, 0.3) is 0 Å². The number of rotatable bonds is 7. The zero-order chi connectivity index (χ0) is 41.0. The van der Waals surface area contributed by atoms with Crippen molar-refractivity contribution in [1.29, 1.82) is 0 Å². The van der Waals surface area contributed by atoms with Gasteiger partial charge in [-0.05, 0) is 64.2 Å². The van der Waals surface area contributed by atoms with E-state index < -0.39 is 0 Å². The Labute approximate surface area is 358 Å². The summed E-state index contributed by atoms with van der Waals surface area (Å²) in [6.45, 7) is 0. The number of benzene rings is 9. The van der Waals surface area contributed by atoms with Gasteiger partial charge >= 0.3 is 0 Å². The summed E-state index contributed by atoms with van der Waals surface area (Å²) in [6, 6.07) is 79.2. The van der Waals surface area contributed by atoms with E-state index in [0.29, 0.717) is 17.6 Å². The molecular formula is C57H37N5. The Balaban J connectivity index is 1.13. The quantitative estimate of drug-likeness (QED) is 0.162. The van der Waals surface area contributed by atoms with Crippen LogP contribution < -0.4 is 0 Å². The molecule has 0 saturated heterocycles. The fourth-order valence-electron chi connectivity index (χ4n) is 9.13. The Kier molecular flexibility index (Phi) is 8.42. The van der Waals surface area contributed by atoms with Crippen LogP contribution in [0.2, 0.25) is 0 Å². The van der Waals surface area contributed by atoms with Crippen LogP contribution in [0.3, 0.4) is 0 Å². The molecule has 12 aromatic rings. The van der Waals surface area contributed by atoms with Crippen LogP contribution >= 0.6 is 0 Å². The Morgan fingerprint density at radius 3 is 1.40 bits per heavy atom. The zero-order valence-electron chi connectivity index (χ0n) is 33.6. The van der Waals surface area contributed by atoms with E-state index in [9.17, 15) is 0 Å². The van der Waals surface area contributed by atoms with Gasteiger partial charge in [-0.25, -0.2) is 4.98 Å².